The monoisotopic (exact) mass is 462 g/mol. The van der Waals surface area contributed by atoms with E-state index in [4.69, 9.17) is 4.74 Å². The lowest BCUT2D eigenvalue weighted by Gasteiger charge is -2.35. The van der Waals surface area contributed by atoms with Crippen molar-refractivity contribution in [2.45, 2.75) is 37.1 Å². The van der Waals surface area contributed by atoms with Crippen LogP contribution in [-0.4, -0.2) is 62.1 Å². The molecule has 32 heavy (non-hydrogen) atoms. The molecule has 1 heterocycles. The Morgan fingerprint density at radius 3 is 2.38 bits per heavy atom. The van der Waals surface area contributed by atoms with Gasteiger partial charge in [0.05, 0.1) is 11.4 Å². The van der Waals surface area contributed by atoms with E-state index in [0.29, 0.717) is 24.2 Å². The molecule has 0 N–H and O–H groups in total. The van der Waals surface area contributed by atoms with Gasteiger partial charge in [-0.2, -0.15) is 4.31 Å². The van der Waals surface area contributed by atoms with Crippen molar-refractivity contribution in [3.05, 3.63) is 59.9 Å². The number of hydrogen-bond donors (Lipinski definition) is 0. The molecule has 2 aromatic rings. The van der Waals surface area contributed by atoms with Gasteiger partial charge in [0.15, 0.2) is 5.78 Å². The molecule has 0 bridgehead atoms. The van der Waals surface area contributed by atoms with Crippen LogP contribution < -0.4 is 4.74 Å². The summed E-state index contributed by atoms with van der Waals surface area (Å²) in [6, 6.07) is 10.6. The Balaban J connectivity index is 1.68. The minimum absolute atomic E-state index is 0.0597. The first-order valence-corrected chi connectivity index (χ1v) is 11.9. The van der Waals surface area contributed by atoms with E-state index in [1.54, 1.807) is 7.05 Å². The molecule has 1 unspecified atom stereocenters. The van der Waals surface area contributed by atoms with E-state index in [2.05, 4.69) is 0 Å². The molecule has 7 nitrogen and oxygen atoms in total. The molecule has 3 rings (SSSR count). The van der Waals surface area contributed by atoms with E-state index in [0.717, 1.165) is 6.42 Å². The van der Waals surface area contributed by atoms with E-state index in [-0.39, 0.29) is 42.1 Å². The number of amides is 1. The molecule has 1 aliphatic rings. The second-order valence-electron chi connectivity index (χ2n) is 7.77. The van der Waals surface area contributed by atoms with E-state index < -0.39 is 16.1 Å². The summed E-state index contributed by atoms with van der Waals surface area (Å²) in [5.41, 5.74) is 0.427. The molecule has 1 amide bonds. The van der Waals surface area contributed by atoms with Gasteiger partial charge in [-0.3, -0.25) is 9.59 Å². The Labute approximate surface area is 187 Å². The number of hydrogen-bond acceptors (Lipinski definition) is 5. The van der Waals surface area contributed by atoms with Gasteiger partial charge < -0.3 is 9.64 Å². The van der Waals surface area contributed by atoms with Gasteiger partial charge in [0.2, 0.25) is 15.9 Å². The highest BCUT2D eigenvalue weighted by Crippen LogP contribution is 2.27. The molecule has 0 aromatic heterocycles. The first-order chi connectivity index (χ1) is 15.2. The summed E-state index contributed by atoms with van der Waals surface area (Å²) in [5, 5.41) is 0. The van der Waals surface area contributed by atoms with Crippen LogP contribution in [0.15, 0.2) is 53.4 Å². The van der Waals surface area contributed by atoms with Crippen molar-refractivity contribution in [3.8, 4) is 5.75 Å². The van der Waals surface area contributed by atoms with Crippen molar-refractivity contribution in [3.63, 3.8) is 0 Å². The van der Waals surface area contributed by atoms with Gasteiger partial charge in [0, 0.05) is 19.2 Å². The molecule has 9 heteroatoms. The van der Waals surface area contributed by atoms with Crippen molar-refractivity contribution in [2.24, 2.45) is 0 Å². The van der Waals surface area contributed by atoms with Gasteiger partial charge in [-0.1, -0.05) is 18.6 Å². The van der Waals surface area contributed by atoms with Crippen LogP contribution in [0, 0.1) is 5.82 Å². The molecule has 0 spiro atoms. The molecule has 2 aromatic carbocycles. The van der Waals surface area contributed by atoms with Crippen LogP contribution in [0.25, 0.3) is 0 Å². The maximum absolute atomic E-state index is 13.2. The lowest BCUT2D eigenvalue weighted by Crippen LogP contribution is -2.52. The summed E-state index contributed by atoms with van der Waals surface area (Å²) < 4.78 is 46.3. The summed E-state index contributed by atoms with van der Waals surface area (Å²) in [6.45, 7) is 2.12. The predicted molar refractivity (Wildman–Crippen MR) is 118 cm³/mol. The summed E-state index contributed by atoms with van der Waals surface area (Å²) in [6.07, 6.45) is 1.87. The molecule has 0 radical (unpaired) electrons. The minimum atomic E-state index is -3.89. The Bertz CT molecular complexity index is 1050. The lowest BCUT2D eigenvalue weighted by molar-refractivity contribution is -0.135. The number of ether oxygens (including phenoxy) is 1. The average molecular weight is 463 g/mol. The van der Waals surface area contributed by atoms with E-state index in [1.807, 2.05) is 0 Å². The number of piperidine rings is 1. The molecule has 0 aliphatic carbocycles. The Kier molecular flexibility index (Phi) is 7.63. The number of Topliss-reactive ketones (excluding diaryl/α,β-unsaturated/α-hetero) is 1. The topological polar surface area (TPSA) is 84.0 Å². The third-order valence-corrected chi connectivity index (χ3v) is 7.41. The van der Waals surface area contributed by atoms with Crippen LogP contribution in [0.2, 0.25) is 0 Å². The van der Waals surface area contributed by atoms with Gasteiger partial charge in [-0.25, -0.2) is 12.8 Å². The third kappa shape index (κ3) is 5.52. The number of likely N-dealkylation sites (N-methyl/N-ethyl adjacent to an activating group) is 1. The first-order valence-electron chi connectivity index (χ1n) is 10.5. The number of carbonyl (C=O) groups excluding carboxylic acids is 2. The standard InChI is InChI=1S/C23H27FN2O5S/c1-17(27)18-6-12-21(13-7-18)32(29,30)26-14-4-3-5-22(26)23(28)25(2)15-16-31-20-10-8-19(24)9-11-20/h6-13,22H,3-5,14-16H2,1-2H3. The molecule has 1 atom stereocenters. The first kappa shape index (κ1) is 23.9. The van der Waals surface area contributed by atoms with Crippen molar-refractivity contribution in [2.75, 3.05) is 26.7 Å². The van der Waals surface area contributed by atoms with Gasteiger partial charge in [0.1, 0.15) is 24.2 Å². The Morgan fingerprint density at radius 2 is 1.75 bits per heavy atom. The number of carbonyl (C=O) groups is 2. The highest BCUT2D eigenvalue weighted by atomic mass is 32.2. The van der Waals surface area contributed by atoms with Gasteiger partial charge >= 0.3 is 0 Å². The fraction of sp³-hybridized carbons (Fsp3) is 0.391. The minimum Gasteiger partial charge on any atom is -0.492 e. The Morgan fingerprint density at radius 1 is 1.09 bits per heavy atom. The molecule has 1 aliphatic heterocycles. The normalized spacial score (nSPS) is 17.0. The van der Waals surface area contributed by atoms with Crippen LogP contribution in [0.5, 0.6) is 5.75 Å². The van der Waals surface area contributed by atoms with Crippen molar-refractivity contribution in [1.82, 2.24) is 9.21 Å². The van der Waals surface area contributed by atoms with Crippen molar-refractivity contribution < 1.29 is 27.1 Å². The van der Waals surface area contributed by atoms with Crippen LogP contribution in [-0.2, 0) is 14.8 Å². The third-order valence-electron chi connectivity index (χ3n) is 5.49. The SMILES string of the molecule is CC(=O)c1ccc(S(=O)(=O)N2CCCCC2C(=O)N(C)CCOc2ccc(F)cc2)cc1. The predicted octanol–water partition coefficient (Wildman–Crippen LogP) is 3.11. The number of ketones is 1. The Hall–Kier alpha value is -2.78. The van der Waals surface area contributed by atoms with Gasteiger partial charge in [-0.15, -0.1) is 0 Å². The second-order valence-corrected chi connectivity index (χ2v) is 9.66. The zero-order valence-electron chi connectivity index (χ0n) is 18.2. The number of rotatable bonds is 8. The van der Waals surface area contributed by atoms with Crippen molar-refractivity contribution >= 4 is 21.7 Å². The van der Waals surface area contributed by atoms with Crippen LogP contribution >= 0.6 is 0 Å². The highest BCUT2D eigenvalue weighted by Gasteiger charge is 2.38. The number of sulfonamides is 1. The van der Waals surface area contributed by atoms with Crippen LogP contribution in [0.4, 0.5) is 4.39 Å². The summed E-state index contributed by atoms with van der Waals surface area (Å²) in [7, 11) is -2.28. The summed E-state index contributed by atoms with van der Waals surface area (Å²) in [5.74, 6) is -0.317. The van der Waals surface area contributed by atoms with E-state index in [9.17, 15) is 22.4 Å². The summed E-state index contributed by atoms with van der Waals surface area (Å²) in [4.78, 5) is 26.1. The number of benzene rings is 2. The van der Waals surface area contributed by atoms with Gasteiger partial charge in [-0.05, 0) is 56.2 Å². The van der Waals surface area contributed by atoms with Crippen LogP contribution in [0.3, 0.4) is 0 Å². The maximum Gasteiger partial charge on any atom is 0.243 e. The largest absolute Gasteiger partial charge is 0.492 e. The zero-order chi connectivity index (χ0) is 23.3. The van der Waals surface area contributed by atoms with Gasteiger partial charge in [0.25, 0.3) is 0 Å². The molecular formula is C23H27FN2O5S. The molecular weight excluding hydrogens is 435 g/mol. The van der Waals surface area contributed by atoms with E-state index >= 15 is 0 Å². The molecule has 0 saturated carbocycles. The number of nitrogens with zero attached hydrogens (tertiary/aromatic N) is 2. The quantitative estimate of drug-likeness (QED) is 0.563. The highest BCUT2D eigenvalue weighted by molar-refractivity contribution is 7.89. The second kappa shape index (κ2) is 10.2. The zero-order valence-corrected chi connectivity index (χ0v) is 19.0. The fourth-order valence-electron chi connectivity index (χ4n) is 3.63. The smallest absolute Gasteiger partial charge is 0.243 e. The fourth-order valence-corrected chi connectivity index (χ4v) is 5.28. The lowest BCUT2D eigenvalue weighted by atomic mass is 10.0. The average Bonchev–Trinajstić information content (AvgIpc) is 2.79. The summed E-state index contributed by atoms with van der Waals surface area (Å²) >= 11 is 0. The van der Waals surface area contributed by atoms with E-state index in [1.165, 1.54) is 64.7 Å². The molecule has 172 valence electrons. The molecule has 1 fully saturated rings. The number of halogens is 1. The molecule has 1 saturated heterocycles. The van der Waals surface area contributed by atoms with Crippen molar-refractivity contribution in [1.29, 1.82) is 0 Å². The maximum atomic E-state index is 13.2. The van der Waals surface area contributed by atoms with Crippen LogP contribution in [0.1, 0.15) is 36.5 Å².